The van der Waals surface area contributed by atoms with Crippen LogP contribution in [0.5, 0.6) is 5.75 Å². The van der Waals surface area contributed by atoms with Crippen LogP contribution in [-0.2, 0) is 6.61 Å². The number of aryl methyl sites for hydroxylation is 2. The van der Waals surface area contributed by atoms with Crippen LogP contribution in [0.3, 0.4) is 0 Å². The topological polar surface area (TPSA) is 80.5 Å². The smallest absolute Gasteiger partial charge is 0.260 e. The number of carbonyl (C=O) groups is 1. The van der Waals surface area contributed by atoms with Gasteiger partial charge in [-0.25, -0.2) is 9.50 Å². The summed E-state index contributed by atoms with van der Waals surface area (Å²) in [6.07, 6.45) is 1.53. The molecule has 0 aliphatic carbocycles. The molecule has 2 aromatic carbocycles. The van der Waals surface area contributed by atoms with Crippen LogP contribution in [0.15, 0.2) is 66.9 Å². The first-order valence-corrected chi connectivity index (χ1v) is 10.1. The predicted molar refractivity (Wildman–Crippen MR) is 123 cm³/mol. The van der Waals surface area contributed by atoms with Crippen LogP contribution in [0, 0.1) is 13.8 Å². The number of carbonyl (C=O) groups excluding carboxylic acids is 1. The van der Waals surface area contributed by atoms with E-state index in [-0.39, 0.29) is 11.0 Å². The van der Waals surface area contributed by atoms with E-state index in [4.69, 9.17) is 17.0 Å². The minimum atomic E-state index is -0.353. The number of aromatic nitrogens is 3. The number of benzene rings is 2. The zero-order valence-electron chi connectivity index (χ0n) is 17.1. The zero-order chi connectivity index (χ0) is 21.8. The molecular weight excluding hydrogens is 410 g/mol. The Bertz CT molecular complexity index is 1250. The number of fused-ring (bicyclic) bond motifs is 1. The van der Waals surface area contributed by atoms with Crippen molar-refractivity contribution in [1.29, 1.82) is 0 Å². The molecule has 7 nitrogen and oxygen atoms in total. The lowest BCUT2D eigenvalue weighted by atomic mass is 10.2. The highest BCUT2D eigenvalue weighted by Crippen LogP contribution is 2.19. The molecule has 2 N–H and O–H groups in total. The first kappa shape index (κ1) is 20.5. The largest absolute Gasteiger partial charge is 0.489 e. The highest BCUT2D eigenvalue weighted by atomic mass is 32.1. The van der Waals surface area contributed by atoms with Crippen LogP contribution in [0.1, 0.15) is 27.3 Å². The Morgan fingerprint density at radius 1 is 1.10 bits per heavy atom. The molecule has 156 valence electrons. The van der Waals surface area contributed by atoms with Crippen molar-refractivity contribution < 1.29 is 9.53 Å². The quantitative estimate of drug-likeness (QED) is 0.464. The van der Waals surface area contributed by atoms with E-state index in [1.165, 1.54) is 6.20 Å². The fraction of sp³-hybridized carbons (Fsp3) is 0.130. The van der Waals surface area contributed by atoms with Gasteiger partial charge in [0.05, 0.1) is 17.0 Å². The van der Waals surface area contributed by atoms with E-state index in [1.54, 1.807) is 4.52 Å². The lowest BCUT2D eigenvalue weighted by molar-refractivity contribution is 0.0976. The van der Waals surface area contributed by atoms with Crippen LogP contribution < -0.4 is 15.4 Å². The molecule has 0 spiro atoms. The minimum absolute atomic E-state index is 0.182. The van der Waals surface area contributed by atoms with Gasteiger partial charge in [-0.05, 0) is 43.8 Å². The highest BCUT2D eigenvalue weighted by Gasteiger charge is 2.15. The summed E-state index contributed by atoms with van der Waals surface area (Å²) in [4.78, 5) is 17.0. The molecule has 0 atom stereocenters. The van der Waals surface area contributed by atoms with E-state index in [2.05, 4.69) is 20.7 Å². The molecule has 4 aromatic rings. The van der Waals surface area contributed by atoms with Crippen molar-refractivity contribution in [2.45, 2.75) is 20.5 Å². The Morgan fingerprint density at radius 3 is 2.71 bits per heavy atom. The molecule has 2 heterocycles. The lowest BCUT2D eigenvalue weighted by Crippen LogP contribution is -2.34. The second-order valence-electron chi connectivity index (χ2n) is 7.02. The van der Waals surface area contributed by atoms with E-state index in [1.807, 2.05) is 74.5 Å². The van der Waals surface area contributed by atoms with E-state index in [0.29, 0.717) is 34.9 Å². The van der Waals surface area contributed by atoms with Crippen molar-refractivity contribution in [3.05, 3.63) is 89.4 Å². The third-order valence-corrected chi connectivity index (χ3v) is 4.86. The standard InChI is InChI=1S/C23H21N5O2S/c1-15-11-21-24-13-20(16(2)28(21)27-15)22(29)26-23(31)25-18-9-6-10-19(12-18)30-14-17-7-4-3-5-8-17/h3-13H,14H2,1-2H3,(H2,25,26,29,31). The number of anilines is 1. The fourth-order valence-electron chi connectivity index (χ4n) is 3.12. The molecule has 4 rings (SSSR count). The van der Waals surface area contributed by atoms with Gasteiger partial charge in [-0.2, -0.15) is 5.10 Å². The first-order valence-electron chi connectivity index (χ1n) is 9.71. The van der Waals surface area contributed by atoms with Gasteiger partial charge in [0.2, 0.25) is 0 Å². The van der Waals surface area contributed by atoms with Gasteiger partial charge in [0.25, 0.3) is 5.91 Å². The van der Waals surface area contributed by atoms with Crippen molar-refractivity contribution in [2.75, 3.05) is 5.32 Å². The number of hydrogen-bond donors (Lipinski definition) is 2. The predicted octanol–water partition coefficient (Wildman–Crippen LogP) is 4.05. The van der Waals surface area contributed by atoms with Crippen LogP contribution in [0.4, 0.5) is 5.69 Å². The van der Waals surface area contributed by atoms with Crippen LogP contribution >= 0.6 is 12.2 Å². The monoisotopic (exact) mass is 431 g/mol. The van der Waals surface area contributed by atoms with Gasteiger partial charge in [-0.15, -0.1) is 0 Å². The van der Waals surface area contributed by atoms with Crippen molar-refractivity contribution in [2.24, 2.45) is 0 Å². The van der Waals surface area contributed by atoms with Crippen molar-refractivity contribution in [3.63, 3.8) is 0 Å². The number of amides is 1. The van der Waals surface area contributed by atoms with Crippen LogP contribution in [-0.4, -0.2) is 25.6 Å². The normalized spacial score (nSPS) is 10.6. The molecule has 0 radical (unpaired) electrons. The van der Waals surface area contributed by atoms with Gasteiger partial charge in [0.15, 0.2) is 10.8 Å². The summed E-state index contributed by atoms with van der Waals surface area (Å²) in [5.74, 6) is 0.344. The first-order chi connectivity index (χ1) is 15.0. The minimum Gasteiger partial charge on any atom is -0.489 e. The maximum absolute atomic E-state index is 12.7. The molecule has 1 amide bonds. The van der Waals surface area contributed by atoms with Crippen molar-refractivity contribution in [1.82, 2.24) is 19.9 Å². The van der Waals surface area contributed by atoms with Gasteiger partial charge in [0.1, 0.15) is 12.4 Å². The molecule has 0 aliphatic heterocycles. The average Bonchev–Trinajstić information content (AvgIpc) is 3.14. The van der Waals surface area contributed by atoms with E-state index in [9.17, 15) is 4.79 Å². The molecule has 0 saturated carbocycles. The molecule has 0 aliphatic rings. The molecule has 0 bridgehead atoms. The fourth-order valence-corrected chi connectivity index (χ4v) is 3.33. The van der Waals surface area contributed by atoms with Gasteiger partial charge >= 0.3 is 0 Å². The molecule has 0 saturated heterocycles. The summed E-state index contributed by atoms with van der Waals surface area (Å²) in [5.41, 5.74) is 4.41. The summed E-state index contributed by atoms with van der Waals surface area (Å²) in [7, 11) is 0. The Hall–Kier alpha value is -3.78. The average molecular weight is 432 g/mol. The molecule has 0 fully saturated rings. The van der Waals surface area contributed by atoms with E-state index >= 15 is 0 Å². The van der Waals surface area contributed by atoms with E-state index in [0.717, 1.165) is 11.3 Å². The maximum Gasteiger partial charge on any atom is 0.260 e. The van der Waals surface area contributed by atoms with Gasteiger partial charge in [0, 0.05) is 24.0 Å². The van der Waals surface area contributed by atoms with E-state index < -0.39 is 0 Å². The number of ether oxygens (including phenoxy) is 1. The number of hydrogen-bond acceptors (Lipinski definition) is 5. The Labute approximate surface area is 185 Å². The van der Waals surface area contributed by atoms with Gasteiger partial charge < -0.3 is 10.1 Å². The Kier molecular flexibility index (Phi) is 5.90. The third kappa shape index (κ3) is 4.87. The van der Waals surface area contributed by atoms with Crippen LogP contribution in [0.25, 0.3) is 5.65 Å². The Morgan fingerprint density at radius 2 is 1.90 bits per heavy atom. The van der Waals surface area contributed by atoms with Gasteiger partial charge in [-0.1, -0.05) is 36.4 Å². The maximum atomic E-state index is 12.7. The number of thiocarbonyl (C=S) groups is 1. The highest BCUT2D eigenvalue weighted by molar-refractivity contribution is 7.80. The third-order valence-electron chi connectivity index (χ3n) is 4.66. The number of nitrogens with zero attached hydrogens (tertiary/aromatic N) is 3. The summed E-state index contributed by atoms with van der Waals surface area (Å²) in [5, 5.41) is 10.3. The van der Waals surface area contributed by atoms with Crippen molar-refractivity contribution >= 4 is 34.6 Å². The molecule has 8 heteroatoms. The number of rotatable bonds is 5. The SMILES string of the molecule is Cc1cc2ncc(C(=O)NC(=S)Nc3cccc(OCc4ccccc4)c3)c(C)n2n1. The summed E-state index contributed by atoms with van der Waals surface area (Å²) in [6, 6.07) is 19.2. The molecule has 2 aromatic heterocycles. The zero-order valence-corrected chi connectivity index (χ0v) is 17.9. The molecule has 31 heavy (non-hydrogen) atoms. The summed E-state index contributed by atoms with van der Waals surface area (Å²) < 4.78 is 7.48. The molecule has 0 unspecified atom stereocenters. The van der Waals surface area contributed by atoms with Crippen molar-refractivity contribution in [3.8, 4) is 5.75 Å². The number of nitrogens with one attached hydrogen (secondary N) is 2. The second kappa shape index (κ2) is 8.93. The summed E-state index contributed by atoms with van der Waals surface area (Å²) in [6.45, 7) is 4.16. The summed E-state index contributed by atoms with van der Waals surface area (Å²) >= 11 is 5.31. The van der Waals surface area contributed by atoms with Gasteiger partial charge in [-0.3, -0.25) is 10.1 Å². The second-order valence-corrected chi connectivity index (χ2v) is 7.43. The van der Waals surface area contributed by atoms with Crippen LogP contribution in [0.2, 0.25) is 0 Å². The molecular formula is C23H21N5O2S. The Balaban J connectivity index is 1.39. The lowest BCUT2D eigenvalue weighted by Gasteiger charge is -2.12.